The highest BCUT2D eigenvalue weighted by molar-refractivity contribution is 5.88. The summed E-state index contributed by atoms with van der Waals surface area (Å²) in [7, 11) is 0. The van der Waals surface area contributed by atoms with Crippen molar-refractivity contribution in [2.75, 3.05) is 6.61 Å². The summed E-state index contributed by atoms with van der Waals surface area (Å²) >= 11 is 0. The van der Waals surface area contributed by atoms with Crippen LogP contribution < -0.4 is 5.32 Å². The van der Waals surface area contributed by atoms with Gasteiger partial charge in [0.25, 0.3) is 0 Å². The van der Waals surface area contributed by atoms with Gasteiger partial charge in [0.1, 0.15) is 12.1 Å². The molecule has 0 aromatic heterocycles. The molecule has 1 amide bonds. The predicted molar refractivity (Wildman–Crippen MR) is 96.6 cm³/mol. The number of likely N-dealkylation sites (tertiary alicyclic amines) is 1. The molecule has 0 aromatic carbocycles. The molecule has 0 aromatic rings. The van der Waals surface area contributed by atoms with E-state index < -0.39 is 24.1 Å². The third-order valence-electron chi connectivity index (χ3n) is 5.60. The summed E-state index contributed by atoms with van der Waals surface area (Å²) in [6, 6.07) is -1.92. The van der Waals surface area contributed by atoms with Gasteiger partial charge in [0.05, 0.1) is 12.6 Å². The third-order valence-corrected chi connectivity index (χ3v) is 5.60. The minimum atomic E-state index is -0.935. The lowest BCUT2D eigenvalue weighted by molar-refractivity contribution is -0.152. The molecule has 5 atom stereocenters. The summed E-state index contributed by atoms with van der Waals surface area (Å²) in [5, 5.41) is 12.7. The third kappa shape index (κ3) is 4.55. The zero-order valence-corrected chi connectivity index (χ0v) is 16.1. The molecular weight excluding hydrogens is 336 g/mol. The number of hydrogen-bond donors (Lipinski definition) is 2. The molecule has 7 heteroatoms. The van der Waals surface area contributed by atoms with Gasteiger partial charge in [-0.3, -0.25) is 14.9 Å². The van der Waals surface area contributed by atoms with Gasteiger partial charge in [0, 0.05) is 6.04 Å². The second kappa shape index (κ2) is 9.35. The van der Waals surface area contributed by atoms with Crippen molar-refractivity contribution in [3.05, 3.63) is 0 Å². The summed E-state index contributed by atoms with van der Waals surface area (Å²) < 4.78 is 5.09. The van der Waals surface area contributed by atoms with E-state index in [2.05, 4.69) is 5.32 Å². The molecule has 1 aliphatic carbocycles. The molecule has 7 nitrogen and oxygen atoms in total. The minimum absolute atomic E-state index is 0.00817. The van der Waals surface area contributed by atoms with Crippen molar-refractivity contribution >= 4 is 17.8 Å². The molecule has 1 saturated carbocycles. The first-order valence-electron chi connectivity index (χ1n) is 9.88. The summed E-state index contributed by atoms with van der Waals surface area (Å²) in [4.78, 5) is 38.5. The van der Waals surface area contributed by atoms with Crippen molar-refractivity contribution < 1.29 is 24.2 Å². The van der Waals surface area contributed by atoms with Gasteiger partial charge in [-0.2, -0.15) is 0 Å². The van der Waals surface area contributed by atoms with Gasteiger partial charge >= 0.3 is 11.9 Å². The number of nitrogens with zero attached hydrogens (tertiary/aromatic N) is 1. The first-order valence-corrected chi connectivity index (χ1v) is 9.88. The fourth-order valence-corrected chi connectivity index (χ4v) is 4.39. The number of ether oxygens (including phenoxy) is 1. The Morgan fingerprint density at radius 1 is 1.23 bits per heavy atom. The maximum atomic E-state index is 13.1. The van der Waals surface area contributed by atoms with Gasteiger partial charge in [-0.15, -0.1) is 0 Å². The van der Waals surface area contributed by atoms with Crippen molar-refractivity contribution in [3.8, 4) is 0 Å². The van der Waals surface area contributed by atoms with Crippen molar-refractivity contribution in [1.82, 2.24) is 10.2 Å². The fourth-order valence-electron chi connectivity index (χ4n) is 4.39. The van der Waals surface area contributed by atoms with Crippen LogP contribution in [0.15, 0.2) is 0 Å². The molecule has 2 rings (SSSR count). The van der Waals surface area contributed by atoms with Gasteiger partial charge in [-0.05, 0) is 45.4 Å². The Labute approximate surface area is 155 Å². The molecule has 26 heavy (non-hydrogen) atoms. The molecule has 0 spiro atoms. The maximum Gasteiger partial charge on any atom is 0.326 e. The highest BCUT2D eigenvalue weighted by atomic mass is 16.5. The van der Waals surface area contributed by atoms with Gasteiger partial charge in [0.2, 0.25) is 5.91 Å². The Hall–Kier alpha value is -1.63. The number of rotatable bonds is 8. The lowest BCUT2D eigenvalue weighted by atomic mass is 9.84. The summed E-state index contributed by atoms with van der Waals surface area (Å²) in [6.45, 7) is 5.72. The number of esters is 1. The molecule has 0 radical (unpaired) electrons. The van der Waals surface area contributed by atoms with Crippen LogP contribution in [0.2, 0.25) is 0 Å². The second-order valence-corrected chi connectivity index (χ2v) is 7.43. The van der Waals surface area contributed by atoms with E-state index >= 15 is 0 Å². The monoisotopic (exact) mass is 368 g/mol. The number of carboxylic acid groups (broad SMARTS) is 1. The molecule has 2 N–H and O–H groups in total. The average Bonchev–Trinajstić information content (AvgIpc) is 3.00. The van der Waals surface area contributed by atoms with Crippen molar-refractivity contribution in [2.24, 2.45) is 5.92 Å². The predicted octanol–water partition coefficient (Wildman–Crippen LogP) is 1.94. The molecule has 0 bridgehead atoms. The van der Waals surface area contributed by atoms with Gasteiger partial charge in [0.15, 0.2) is 0 Å². The van der Waals surface area contributed by atoms with Gasteiger partial charge in [-0.1, -0.05) is 26.2 Å². The molecule has 148 valence electrons. The Morgan fingerprint density at radius 2 is 1.92 bits per heavy atom. The van der Waals surface area contributed by atoms with Crippen molar-refractivity contribution in [1.29, 1.82) is 0 Å². The van der Waals surface area contributed by atoms with E-state index in [0.717, 1.165) is 32.1 Å². The standard InChI is InChI=1S/C19H32N2O5/c1-4-8-14(19(25)26-5-2)20-12(3)17(22)21-15-10-7-6-9-13(15)11-16(21)18(23)24/h12-16,20H,4-11H2,1-3H3,(H,23,24)/t12-,13-,14-,15+,16-/m1/s1. The quantitative estimate of drug-likeness (QED) is 0.636. The maximum absolute atomic E-state index is 13.1. The van der Waals surface area contributed by atoms with Crippen LogP contribution in [0.5, 0.6) is 0 Å². The number of carbonyl (C=O) groups is 3. The van der Waals surface area contributed by atoms with E-state index in [0.29, 0.717) is 19.4 Å². The summed E-state index contributed by atoms with van der Waals surface area (Å²) in [6.07, 6.45) is 5.87. The lowest BCUT2D eigenvalue weighted by Gasteiger charge is -2.35. The SMILES string of the molecule is CCC[C@@H](N[C@H](C)C(=O)N1[C@@H](C(=O)O)C[C@H]2CCCC[C@@H]21)C(=O)OCC. The summed E-state index contributed by atoms with van der Waals surface area (Å²) in [5.74, 6) is -1.24. The molecule has 2 fully saturated rings. The van der Waals surface area contributed by atoms with Crippen LogP contribution in [0.3, 0.4) is 0 Å². The van der Waals surface area contributed by atoms with Crippen molar-refractivity contribution in [2.45, 2.75) is 89.9 Å². The van der Waals surface area contributed by atoms with Crippen molar-refractivity contribution in [3.63, 3.8) is 0 Å². The number of amides is 1. The number of hydrogen-bond acceptors (Lipinski definition) is 5. The van der Waals surface area contributed by atoms with Crippen LogP contribution in [-0.4, -0.2) is 58.6 Å². The zero-order valence-electron chi connectivity index (χ0n) is 16.1. The topological polar surface area (TPSA) is 95.9 Å². The number of aliphatic carboxylic acids is 1. The Balaban J connectivity index is 2.10. The molecular formula is C19H32N2O5. The Bertz CT molecular complexity index is 524. The van der Waals surface area contributed by atoms with Crippen LogP contribution in [0, 0.1) is 5.92 Å². The van der Waals surface area contributed by atoms with Crippen LogP contribution >= 0.6 is 0 Å². The highest BCUT2D eigenvalue weighted by Gasteiger charge is 2.48. The van der Waals surface area contributed by atoms with E-state index in [9.17, 15) is 19.5 Å². The van der Waals surface area contributed by atoms with Gasteiger partial charge < -0.3 is 14.7 Å². The second-order valence-electron chi connectivity index (χ2n) is 7.43. The molecule has 2 aliphatic rings. The molecule has 1 saturated heterocycles. The summed E-state index contributed by atoms with van der Waals surface area (Å²) in [5.41, 5.74) is 0. The lowest BCUT2D eigenvalue weighted by Crippen LogP contribution is -2.55. The van der Waals surface area contributed by atoms with E-state index in [1.165, 1.54) is 0 Å². The largest absolute Gasteiger partial charge is 0.480 e. The first kappa shape index (κ1) is 20.7. The van der Waals surface area contributed by atoms with Crippen LogP contribution in [0.4, 0.5) is 0 Å². The highest BCUT2D eigenvalue weighted by Crippen LogP contribution is 2.40. The van der Waals surface area contributed by atoms with E-state index in [1.807, 2.05) is 6.92 Å². The van der Waals surface area contributed by atoms with Crippen LogP contribution in [-0.2, 0) is 19.1 Å². The molecule has 0 unspecified atom stereocenters. The van der Waals surface area contributed by atoms with Crippen LogP contribution in [0.25, 0.3) is 0 Å². The normalized spacial score (nSPS) is 27.5. The number of carboxylic acids is 1. The Morgan fingerprint density at radius 3 is 2.54 bits per heavy atom. The van der Waals surface area contributed by atoms with Gasteiger partial charge in [-0.25, -0.2) is 4.79 Å². The number of carbonyl (C=O) groups excluding carboxylic acids is 2. The van der Waals surface area contributed by atoms with E-state index in [-0.39, 0.29) is 23.8 Å². The first-order chi connectivity index (χ1) is 12.4. The Kier molecular flexibility index (Phi) is 7.43. The zero-order chi connectivity index (χ0) is 19.3. The molecule has 1 aliphatic heterocycles. The number of fused-ring (bicyclic) bond motifs is 1. The average molecular weight is 368 g/mol. The fraction of sp³-hybridized carbons (Fsp3) is 0.842. The minimum Gasteiger partial charge on any atom is -0.480 e. The van der Waals surface area contributed by atoms with E-state index in [4.69, 9.17) is 4.74 Å². The smallest absolute Gasteiger partial charge is 0.326 e. The molecule has 1 heterocycles. The van der Waals surface area contributed by atoms with E-state index in [1.54, 1.807) is 18.7 Å². The number of nitrogens with one attached hydrogen (secondary N) is 1. The van der Waals surface area contributed by atoms with Crippen LogP contribution in [0.1, 0.15) is 65.7 Å².